The van der Waals surface area contributed by atoms with Gasteiger partial charge in [-0.15, -0.1) is 0 Å². The van der Waals surface area contributed by atoms with Crippen LogP contribution in [0.2, 0.25) is 0 Å². The predicted molar refractivity (Wildman–Crippen MR) is 213 cm³/mol. The fraction of sp³-hybridized carbons (Fsp3) is 0.744. The Morgan fingerprint density at radius 3 is 2.02 bits per heavy atom. The molecule has 0 rings (SSSR count). The molecule has 0 radical (unpaired) electrons. The third-order valence-corrected chi connectivity index (χ3v) is 9.77. The van der Waals surface area contributed by atoms with Gasteiger partial charge in [0.15, 0.2) is 6.10 Å². The van der Waals surface area contributed by atoms with Gasteiger partial charge in [0, 0.05) is 12.8 Å². The number of phosphoric ester groups is 2. The van der Waals surface area contributed by atoms with Gasteiger partial charge in [-0.1, -0.05) is 127 Å². The maximum atomic E-state index is 12.6. The zero-order valence-electron chi connectivity index (χ0n) is 33.3. The van der Waals surface area contributed by atoms with Gasteiger partial charge in [-0.3, -0.25) is 23.2 Å². The molecule has 0 saturated heterocycles. The lowest BCUT2D eigenvalue weighted by Crippen LogP contribution is -2.29. The highest BCUT2D eigenvalue weighted by Crippen LogP contribution is 2.43. The quantitative estimate of drug-likeness (QED) is 0.0132. The Morgan fingerprint density at radius 2 is 1.31 bits per heavy atom. The number of rotatable bonds is 36. The average Bonchev–Trinajstić information content (AvgIpc) is 3.13. The highest BCUT2D eigenvalue weighted by atomic mass is 31.2. The maximum Gasteiger partial charge on any atom is 0.472 e. The Morgan fingerprint density at radius 1 is 0.673 bits per heavy atom. The van der Waals surface area contributed by atoms with Crippen LogP contribution in [0.25, 0.3) is 0 Å². The molecule has 0 aliphatic rings. The summed E-state index contributed by atoms with van der Waals surface area (Å²) < 4.78 is 47.5. The standard InChI is InChI=1S/C39H70O14P2/c1-4-6-7-8-16-21-26-35(40)27-22-17-11-9-10-12-19-24-29-39(43)53-37(33-52-55(47,48)51-31-36(41)30-50-54(44,45)46)32-49-38(42)28-23-18-14-13-15-20-25-34(3)5-2/h10-12,16-17,21-22,27,34-37,40-41H,4-9,13-15,18-20,23-26,28-33H2,1-3H3,(H,47,48)(H2,44,45,46)/b12-10-,17-11-,21-16-,27-22+/t34?,35-,36-,37+/m0/s1. The maximum absolute atomic E-state index is 12.6. The molecule has 14 nitrogen and oxygen atoms in total. The minimum Gasteiger partial charge on any atom is -0.462 e. The molecule has 320 valence electrons. The third-order valence-electron chi connectivity index (χ3n) is 8.33. The summed E-state index contributed by atoms with van der Waals surface area (Å²) in [5, 5.41) is 19.7. The minimum atomic E-state index is -4.87. The van der Waals surface area contributed by atoms with Crippen LogP contribution in [0.1, 0.15) is 136 Å². The van der Waals surface area contributed by atoms with E-state index in [4.69, 9.17) is 23.8 Å². The molecule has 0 bridgehead atoms. The summed E-state index contributed by atoms with van der Waals surface area (Å²) in [6.07, 6.45) is 27.4. The first kappa shape index (κ1) is 53.0. The van der Waals surface area contributed by atoms with E-state index in [1.165, 1.54) is 38.5 Å². The van der Waals surface area contributed by atoms with Crippen molar-refractivity contribution in [1.82, 2.24) is 0 Å². The lowest BCUT2D eigenvalue weighted by Gasteiger charge is -2.20. The fourth-order valence-corrected chi connectivity index (χ4v) is 6.03. The van der Waals surface area contributed by atoms with Crippen molar-refractivity contribution < 1.29 is 66.7 Å². The van der Waals surface area contributed by atoms with Crippen molar-refractivity contribution in [3.05, 3.63) is 48.6 Å². The summed E-state index contributed by atoms with van der Waals surface area (Å²) in [5.41, 5.74) is 0. The molecule has 0 aromatic carbocycles. The van der Waals surface area contributed by atoms with Crippen LogP contribution in [-0.4, -0.2) is 81.6 Å². The number of carbonyl (C=O) groups excluding carboxylic acids is 2. The van der Waals surface area contributed by atoms with Crippen molar-refractivity contribution in [1.29, 1.82) is 0 Å². The van der Waals surface area contributed by atoms with Crippen molar-refractivity contribution in [3.8, 4) is 0 Å². The van der Waals surface area contributed by atoms with Crippen LogP contribution in [0.15, 0.2) is 48.6 Å². The fourth-order valence-electron chi connectivity index (χ4n) is 4.87. The summed E-state index contributed by atoms with van der Waals surface area (Å²) in [7, 11) is -9.70. The monoisotopic (exact) mass is 824 g/mol. The molecule has 2 unspecified atom stereocenters. The molecule has 0 heterocycles. The first-order valence-corrected chi connectivity index (χ1v) is 22.9. The van der Waals surface area contributed by atoms with Crippen molar-refractivity contribution in [2.24, 2.45) is 5.92 Å². The Bertz CT molecular complexity index is 1200. The highest BCUT2D eigenvalue weighted by molar-refractivity contribution is 7.47. The second kappa shape index (κ2) is 34.1. The van der Waals surface area contributed by atoms with Crippen LogP contribution < -0.4 is 0 Å². The number of phosphoric acid groups is 2. The van der Waals surface area contributed by atoms with Gasteiger partial charge in [0.2, 0.25) is 0 Å². The molecule has 0 aromatic heterocycles. The van der Waals surface area contributed by atoms with Gasteiger partial charge in [0.1, 0.15) is 12.7 Å². The molecular weight excluding hydrogens is 754 g/mol. The highest BCUT2D eigenvalue weighted by Gasteiger charge is 2.28. The van der Waals surface area contributed by atoms with Crippen LogP contribution in [-0.2, 0) is 41.8 Å². The molecule has 0 spiro atoms. The number of aliphatic hydroxyl groups is 2. The summed E-state index contributed by atoms with van der Waals surface area (Å²) in [6, 6.07) is 0. The van der Waals surface area contributed by atoms with E-state index in [1.54, 1.807) is 6.08 Å². The number of allylic oxidation sites excluding steroid dienone is 6. The van der Waals surface area contributed by atoms with E-state index >= 15 is 0 Å². The summed E-state index contributed by atoms with van der Waals surface area (Å²) >= 11 is 0. The number of unbranched alkanes of at least 4 members (excludes halogenated alkanes) is 9. The van der Waals surface area contributed by atoms with Gasteiger partial charge in [0.25, 0.3) is 0 Å². The normalized spacial score (nSPS) is 15.9. The first-order chi connectivity index (χ1) is 26.2. The summed E-state index contributed by atoms with van der Waals surface area (Å²) in [4.78, 5) is 52.4. The number of aliphatic hydroxyl groups excluding tert-OH is 2. The van der Waals surface area contributed by atoms with Gasteiger partial charge in [0.05, 0.1) is 25.9 Å². The van der Waals surface area contributed by atoms with Crippen LogP contribution in [0, 0.1) is 5.92 Å². The van der Waals surface area contributed by atoms with E-state index in [2.05, 4.69) is 35.9 Å². The van der Waals surface area contributed by atoms with Crippen molar-refractivity contribution in [3.63, 3.8) is 0 Å². The summed E-state index contributed by atoms with van der Waals surface area (Å²) in [6.45, 7) is 3.80. The SMILES string of the molecule is CCCCC/C=C\C[C@H](O)/C=C/C=C\C/C=C\CCCC(=O)O[C@H](COC(=O)CCCCCCCCC(C)CC)COP(=O)(O)OC[C@@H](O)COP(=O)(O)O. The molecule has 0 aromatic rings. The molecule has 0 aliphatic carbocycles. The summed E-state index contributed by atoms with van der Waals surface area (Å²) in [5.74, 6) is -0.403. The smallest absolute Gasteiger partial charge is 0.462 e. The molecule has 0 fully saturated rings. The Balaban J connectivity index is 4.75. The van der Waals surface area contributed by atoms with Crippen molar-refractivity contribution in [2.75, 3.05) is 26.4 Å². The van der Waals surface area contributed by atoms with Gasteiger partial charge in [-0.2, -0.15) is 0 Å². The molecule has 0 amide bonds. The second-order valence-corrected chi connectivity index (χ2v) is 16.3. The van der Waals surface area contributed by atoms with Crippen molar-refractivity contribution >= 4 is 27.6 Å². The van der Waals surface area contributed by atoms with Crippen LogP contribution in [0.3, 0.4) is 0 Å². The Kier molecular flexibility index (Phi) is 32.9. The van der Waals surface area contributed by atoms with E-state index in [-0.39, 0.29) is 12.8 Å². The number of carbonyl (C=O) groups is 2. The van der Waals surface area contributed by atoms with E-state index < -0.39 is 72.3 Å². The van der Waals surface area contributed by atoms with Crippen LogP contribution in [0.5, 0.6) is 0 Å². The molecule has 5 atom stereocenters. The van der Waals surface area contributed by atoms with Gasteiger partial charge < -0.3 is 34.4 Å². The molecule has 5 N–H and O–H groups in total. The second-order valence-electron chi connectivity index (χ2n) is 13.7. The number of ether oxygens (including phenoxy) is 2. The number of esters is 2. The predicted octanol–water partition coefficient (Wildman–Crippen LogP) is 8.33. The van der Waals surface area contributed by atoms with E-state index in [1.807, 2.05) is 36.5 Å². The van der Waals surface area contributed by atoms with Gasteiger partial charge in [-0.25, -0.2) is 9.13 Å². The lowest BCUT2D eigenvalue weighted by atomic mass is 10.00. The number of hydrogen-bond donors (Lipinski definition) is 5. The topological polar surface area (TPSA) is 216 Å². The molecule has 55 heavy (non-hydrogen) atoms. The largest absolute Gasteiger partial charge is 0.472 e. The molecule has 0 saturated carbocycles. The zero-order valence-corrected chi connectivity index (χ0v) is 35.1. The first-order valence-electron chi connectivity index (χ1n) is 19.8. The Hall–Kier alpha value is -1.96. The molecule has 16 heteroatoms. The average molecular weight is 825 g/mol. The van der Waals surface area contributed by atoms with Crippen molar-refractivity contribution in [2.45, 2.75) is 155 Å². The van der Waals surface area contributed by atoms with Crippen LogP contribution >= 0.6 is 15.6 Å². The van der Waals surface area contributed by atoms with E-state index in [0.717, 1.165) is 38.0 Å². The lowest BCUT2D eigenvalue weighted by molar-refractivity contribution is -0.161. The zero-order chi connectivity index (χ0) is 41.2. The van der Waals surface area contributed by atoms with Gasteiger partial charge in [-0.05, 0) is 50.9 Å². The van der Waals surface area contributed by atoms with E-state index in [0.29, 0.717) is 32.1 Å². The minimum absolute atomic E-state index is 0.0225. The number of hydrogen-bond acceptors (Lipinski definition) is 11. The van der Waals surface area contributed by atoms with Gasteiger partial charge >= 0.3 is 27.6 Å². The Labute approximate surface area is 329 Å². The molecular formula is C39H70O14P2. The van der Waals surface area contributed by atoms with E-state index in [9.17, 15) is 33.8 Å². The third kappa shape index (κ3) is 37.4. The van der Waals surface area contributed by atoms with Crippen LogP contribution in [0.4, 0.5) is 0 Å². The molecule has 0 aliphatic heterocycles.